The van der Waals surface area contributed by atoms with Gasteiger partial charge < -0.3 is 0 Å². The van der Waals surface area contributed by atoms with Crippen LogP contribution in [0.4, 0.5) is 4.39 Å². The largest absolute Gasteiger partial charge is 0.207 e. The van der Waals surface area contributed by atoms with Crippen molar-refractivity contribution in [2.75, 3.05) is 0 Å². The summed E-state index contributed by atoms with van der Waals surface area (Å²) in [5.74, 6) is 0.940. The van der Waals surface area contributed by atoms with Gasteiger partial charge in [0.1, 0.15) is 5.82 Å². The lowest BCUT2D eigenvalue weighted by Crippen LogP contribution is -2.03. The second kappa shape index (κ2) is 8.73. The Morgan fingerprint density at radius 2 is 1.59 bits per heavy atom. The van der Waals surface area contributed by atoms with E-state index >= 15 is 0 Å². The predicted octanol–water partition coefficient (Wildman–Crippen LogP) is 6.78. The summed E-state index contributed by atoms with van der Waals surface area (Å²) in [6.45, 7) is 4.08. The van der Waals surface area contributed by atoms with Gasteiger partial charge in [0.2, 0.25) is 0 Å². The number of benzene rings is 2. The zero-order valence-corrected chi connectivity index (χ0v) is 13.8. The standard InChI is InChI=1S/C13H11F.C8H16/c1-10-7-8-12(9-13(10)14)11-5-3-2-4-6-11;1-2-8-6-4-3-5-7-8/h2-9H,1H3;8H,2-7H2,1H3. The van der Waals surface area contributed by atoms with Crippen molar-refractivity contribution in [3.63, 3.8) is 0 Å². The topological polar surface area (TPSA) is 0 Å². The number of rotatable bonds is 2. The van der Waals surface area contributed by atoms with Crippen LogP contribution in [0.15, 0.2) is 48.5 Å². The fourth-order valence-corrected chi connectivity index (χ4v) is 3.00. The van der Waals surface area contributed by atoms with Crippen LogP contribution in [0.1, 0.15) is 51.0 Å². The van der Waals surface area contributed by atoms with Crippen molar-refractivity contribution in [2.45, 2.75) is 52.4 Å². The zero-order chi connectivity index (χ0) is 15.8. The summed E-state index contributed by atoms with van der Waals surface area (Å²) in [6, 6.07) is 15.1. The van der Waals surface area contributed by atoms with Crippen LogP contribution in [0.2, 0.25) is 0 Å². The molecule has 0 amide bonds. The Bertz CT molecular complexity index is 553. The Morgan fingerprint density at radius 1 is 0.909 bits per heavy atom. The quantitative estimate of drug-likeness (QED) is 0.573. The zero-order valence-electron chi connectivity index (χ0n) is 13.8. The fraction of sp³-hybridized carbons (Fsp3) is 0.429. The highest BCUT2D eigenvalue weighted by Crippen LogP contribution is 2.25. The van der Waals surface area contributed by atoms with Crippen LogP contribution < -0.4 is 0 Å². The van der Waals surface area contributed by atoms with Gasteiger partial charge in [-0.3, -0.25) is 0 Å². The lowest BCUT2D eigenvalue weighted by atomic mass is 9.88. The van der Waals surface area contributed by atoms with E-state index < -0.39 is 0 Å². The molecule has 1 heteroatoms. The van der Waals surface area contributed by atoms with Gasteiger partial charge >= 0.3 is 0 Å². The number of aryl methyl sites for hydroxylation is 1. The van der Waals surface area contributed by atoms with Crippen molar-refractivity contribution >= 4 is 0 Å². The van der Waals surface area contributed by atoms with Gasteiger partial charge in [-0.05, 0) is 35.6 Å². The Kier molecular flexibility index (Phi) is 6.64. The van der Waals surface area contributed by atoms with Gasteiger partial charge in [0, 0.05) is 0 Å². The molecule has 118 valence electrons. The summed E-state index contributed by atoms with van der Waals surface area (Å²) in [5.41, 5.74) is 2.66. The molecule has 3 rings (SSSR count). The Balaban J connectivity index is 0.000000188. The maximum Gasteiger partial charge on any atom is 0.126 e. The van der Waals surface area contributed by atoms with E-state index in [2.05, 4.69) is 6.92 Å². The molecule has 0 aromatic heterocycles. The first kappa shape index (κ1) is 16.7. The maximum absolute atomic E-state index is 13.3. The molecule has 2 aromatic rings. The van der Waals surface area contributed by atoms with E-state index in [0.717, 1.165) is 17.0 Å². The van der Waals surface area contributed by atoms with Crippen molar-refractivity contribution in [2.24, 2.45) is 5.92 Å². The number of hydrogen-bond acceptors (Lipinski definition) is 0. The molecule has 1 aliphatic rings. The van der Waals surface area contributed by atoms with E-state index in [1.54, 1.807) is 19.1 Å². The average molecular weight is 298 g/mol. The van der Waals surface area contributed by atoms with Gasteiger partial charge in [-0.1, -0.05) is 87.9 Å². The van der Waals surface area contributed by atoms with Gasteiger partial charge in [0.25, 0.3) is 0 Å². The third-order valence-corrected chi connectivity index (χ3v) is 4.58. The minimum Gasteiger partial charge on any atom is -0.207 e. The number of hydrogen-bond donors (Lipinski definition) is 0. The molecule has 22 heavy (non-hydrogen) atoms. The third-order valence-electron chi connectivity index (χ3n) is 4.58. The molecule has 0 unspecified atom stereocenters. The minimum absolute atomic E-state index is 0.147. The summed E-state index contributed by atoms with van der Waals surface area (Å²) < 4.78 is 13.3. The highest BCUT2D eigenvalue weighted by molar-refractivity contribution is 5.63. The summed E-state index contributed by atoms with van der Waals surface area (Å²) >= 11 is 0. The first-order valence-electron chi connectivity index (χ1n) is 8.52. The van der Waals surface area contributed by atoms with E-state index in [0.29, 0.717) is 5.56 Å². The Morgan fingerprint density at radius 3 is 2.14 bits per heavy atom. The lowest BCUT2D eigenvalue weighted by Gasteiger charge is -2.18. The van der Waals surface area contributed by atoms with Crippen molar-refractivity contribution < 1.29 is 4.39 Å². The molecule has 0 N–H and O–H groups in total. The molecule has 1 saturated carbocycles. The van der Waals surface area contributed by atoms with Crippen LogP contribution in [-0.4, -0.2) is 0 Å². The highest BCUT2D eigenvalue weighted by atomic mass is 19.1. The molecule has 0 saturated heterocycles. The SMILES string of the molecule is CCC1CCCCC1.Cc1ccc(-c2ccccc2)cc1F. The van der Waals surface area contributed by atoms with Crippen LogP contribution in [0.25, 0.3) is 11.1 Å². The Labute approximate surface area is 134 Å². The number of halogens is 1. The van der Waals surface area contributed by atoms with Crippen LogP contribution in [0, 0.1) is 18.7 Å². The fourth-order valence-electron chi connectivity index (χ4n) is 3.00. The minimum atomic E-state index is -0.147. The Hall–Kier alpha value is -1.63. The lowest BCUT2D eigenvalue weighted by molar-refractivity contribution is 0.349. The molecule has 0 aliphatic heterocycles. The van der Waals surface area contributed by atoms with Crippen molar-refractivity contribution in [1.29, 1.82) is 0 Å². The molecule has 1 aliphatic carbocycles. The third kappa shape index (κ3) is 4.98. The van der Waals surface area contributed by atoms with Crippen molar-refractivity contribution in [1.82, 2.24) is 0 Å². The molecule has 1 fully saturated rings. The summed E-state index contributed by atoms with van der Waals surface area (Å²) in [4.78, 5) is 0. The molecule has 0 radical (unpaired) electrons. The molecular formula is C21H27F. The van der Waals surface area contributed by atoms with Gasteiger partial charge in [-0.15, -0.1) is 0 Å². The maximum atomic E-state index is 13.3. The normalized spacial score (nSPS) is 15.0. The van der Waals surface area contributed by atoms with Crippen molar-refractivity contribution in [3.8, 4) is 11.1 Å². The van der Waals surface area contributed by atoms with Gasteiger partial charge in [0.05, 0.1) is 0 Å². The molecule has 0 heterocycles. The van der Waals surface area contributed by atoms with Crippen LogP contribution in [0.5, 0.6) is 0 Å². The van der Waals surface area contributed by atoms with Crippen LogP contribution in [0.3, 0.4) is 0 Å². The average Bonchev–Trinajstić information content (AvgIpc) is 2.59. The van der Waals surface area contributed by atoms with Crippen LogP contribution >= 0.6 is 0 Å². The molecule has 0 nitrogen and oxygen atoms in total. The monoisotopic (exact) mass is 298 g/mol. The summed E-state index contributed by atoms with van der Waals surface area (Å²) in [7, 11) is 0. The molecule has 0 spiro atoms. The molecule has 0 atom stereocenters. The van der Waals surface area contributed by atoms with E-state index in [1.165, 1.54) is 38.5 Å². The smallest absolute Gasteiger partial charge is 0.126 e. The molecular weight excluding hydrogens is 271 g/mol. The van der Waals surface area contributed by atoms with E-state index in [1.807, 2.05) is 36.4 Å². The molecule has 2 aromatic carbocycles. The van der Waals surface area contributed by atoms with Gasteiger partial charge in [0.15, 0.2) is 0 Å². The van der Waals surface area contributed by atoms with E-state index in [-0.39, 0.29) is 5.82 Å². The van der Waals surface area contributed by atoms with E-state index in [9.17, 15) is 4.39 Å². The first-order valence-corrected chi connectivity index (χ1v) is 8.52. The summed E-state index contributed by atoms with van der Waals surface area (Å²) in [5, 5.41) is 0. The first-order chi connectivity index (χ1) is 10.7. The van der Waals surface area contributed by atoms with Gasteiger partial charge in [-0.25, -0.2) is 4.39 Å². The second-order valence-corrected chi connectivity index (χ2v) is 6.24. The predicted molar refractivity (Wildman–Crippen MR) is 93.4 cm³/mol. The van der Waals surface area contributed by atoms with Crippen LogP contribution in [-0.2, 0) is 0 Å². The molecule has 0 bridgehead atoms. The highest BCUT2D eigenvalue weighted by Gasteiger charge is 2.09. The summed E-state index contributed by atoms with van der Waals surface area (Å²) in [6.07, 6.45) is 8.93. The second-order valence-electron chi connectivity index (χ2n) is 6.24. The van der Waals surface area contributed by atoms with Gasteiger partial charge in [-0.2, -0.15) is 0 Å². The van der Waals surface area contributed by atoms with Crippen molar-refractivity contribution in [3.05, 3.63) is 59.9 Å². The van der Waals surface area contributed by atoms with E-state index in [4.69, 9.17) is 0 Å².